The van der Waals surface area contributed by atoms with Gasteiger partial charge in [-0.15, -0.1) is 0 Å². The maximum absolute atomic E-state index is 13.8. The SMILES string of the molecule is COCC(C)(COC)CN(CCCN(C)CC[C@@]1(O)CCc2cc(F)ccc2[C@@H]1C(C)C)CC(F)(F)F. The maximum Gasteiger partial charge on any atom is 0.401 e. The number of benzene rings is 1. The van der Waals surface area contributed by atoms with Crippen LogP contribution in [0.15, 0.2) is 18.2 Å². The fourth-order valence-corrected chi connectivity index (χ4v) is 6.05. The third-order valence-electron chi connectivity index (χ3n) is 7.45. The molecule has 1 aromatic rings. The predicted octanol–water partition coefficient (Wildman–Crippen LogP) is 5.12. The summed E-state index contributed by atoms with van der Waals surface area (Å²) in [6.45, 7) is 7.42. The Hall–Kier alpha value is -1.26. The van der Waals surface area contributed by atoms with Crippen molar-refractivity contribution in [3.05, 3.63) is 35.1 Å². The average molecular weight is 535 g/mol. The smallest absolute Gasteiger partial charge is 0.389 e. The minimum absolute atomic E-state index is 0.0910. The molecule has 214 valence electrons. The van der Waals surface area contributed by atoms with Gasteiger partial charge >= 0.3 is 6.18 Å². The van der Waals surface area contributed by atoms with Gasteiger partial charge < -0.3 is 19.5 Å². The first-order valence-electron chi connectivity index (χ1n) is 13.2. The number of hydrogen-bond acceptors (Lipinski definition) is 5. The molecule has 1 aliphatic carbocycles. The van der Waals surface area contributed by atoms with Gasteiger partial charge in [-0.05, 0) is 75.0 Å². The summed E-state index contributed by atoms with van der Waals surface area (Å²) >= 11 is 0. The second-order valence-corrected chi connectivity index (χ2v) is 11.6. The molecule has 1 aliphatic rings. The van der Waals surface area contributed by atoms with Crippen LogP contribution in [-0.2, 0) is 15.9 Å². The highest BCUT2D eigenvalue weighted by Crippen LogP contribution is 2.45. The molecular weight excluding hydrogens is 488 g/mol. The minimum Gasteiger partial charge on any atom is -0.389 e. The molecule has 9 heteroatoms. The standard InChI is InChI=1S/C28H46F4N2O3/c1-21(2)25-24-9-8-23(29)16-22(24)10-11-27(25,35)12-15-33(4)13-7-14-34(18-28(30,31)32)17-26(3,19-36-5)20-37-6/h8-9,16,21,25,35H,7,10-15,17-20H2,1-6H3/t25-,27-/m0/s1. The summed E-state index contributed by atoms with van der Waals surface area (Å²) in [6, 6.07) is 4.84. The van der Waals surface area contributed by atoms with E-state index < -0.39 is 23.7 Å². The zero-order valence-corrected chi connectivity index (χ0v) is 23.3. The first-order valence-corrected chi connectivity index (χ1v) is 13.2. The quantitative estimate of drug-likeness (QED) is 0.317. The number of aryl methyl sites for hydroxylation is 1. The van der Waals surface area contributed by atoms with Crippen molar-refractivity contribution in [1.29, 1.82) is 0 Å². The molecule has 0 heterocycles. The summed E-state index contributed by atoms with van der Waals surface area (Å²) in [4.78, 5) is 3.51. The fourth-order valence-electron chi connectivity index (χ4n) is 6.05. The van der Waals surface area contributed by atoms with E-state index in [1.807, 2.05) is 14.0 Å². The zero-order chi connectivity index (χ0) is 27.9. The first-order chi connectivity index (χ1) is 17.2. The van der Waals surface area contributed by atoms with Crippen molar-refractivity contribution < 1.29 is 32.1 Å². The van der Waals surface area contributed by atoms with E-state index in [1.54, 1.807) is 12.1 Å². The number of rotatable bonds is 15. The molecule has 37 heavy (non-hydrogen) atoms. The number of halogens is 4. The average Bonchev–Trinajstić information content (AvgIpc) is 2.76. The van der Waals surface area contributed by atoms with Gasteiger partial charge in [-0.1, -0.05) is 26.8 Å². The lowest BCUT2D eigenvalue weighted by Crippen LogP contribution is -2.46. The third kappa shape index (κ3) is 9.77. The maximum atomic E-state index is 13.8. The molecule has 0 aromatic heterocycles. The Kier molecular flexibility index (Phi) is 11.8. The van der Waals surface area contributed by atoms with E-state index in [0.29, 0.717) is 58.5 Å². The summed E-state index contributed by atoms with van der Waals surface area (Å²) in [5, 5.41) is 11.7. The molecule has 1 N–H and O–H groups in total. The number of methoxy groups -OCH3 is 2. The fraction of sp³-hybridized carbons (Fsp3) is 0.786. The molecule has 1 aromatic carbocycles. The highest BCUT2D eigenvalue weighted by Gasteiger charge is 2.43. The number of hydrogen-bond donors (Lipinski definition) is 1. The van der Waals surface area contributed by atoms with Crippen LogP contribution in [0.3, 0.4) is 0 Å². The van der Waals surface area contributed by atoms with Gasteiger partial charge in [0.05, 0.1) is 25.4 Å². The van der Waals surface area contributed by atoms with Crippen molar-refractivity contribution in [3.63, 3.8) is 0 Å². The van der Waals surface area contributed by atoms with E-state index in [2.05, 4.69) is 18.7 Å². The van der Waals surface area contributed by atoms with Gasteiger partial charge in [0.25, 0.3) is 0 Å². The molecule has 5 nitrogen and oxygen atoms in total. The van der Waals surface area contributed by atoms with Crippen molar-refractivity contribution >= 4 is 0 Å². The van der Waals surface area contributed by atoms with Gasteiger partial charge in [0.1, 0.15) is 5.82 Å². The Morgan fingerprint density at radius 2 is 1.73 bits per heavy atom. The Labute approximate surface area is 220 Å². The number of aliphatic hydroxyl groups is 1. The van der Waals surface area contributed by atoms with Crippen LogP contribution < -0.4 is 0 Å². The minimum atomic E-state index is -4.29. The number of nitrogens with zero attached hydrogens (tertiary/aromatic N) is 2. The molecule has 0 saturated carbocycles. The van der Waals surface area contributed by atoms with Gasteiger partial charge in [0.2, 0.25) is 0 Å². The lowest BCUT2D eigenvalue weighted by atomic mass is 9.66. The van der Waals surface area contributed by atoms with Gasteiger partial charge in [0, 0.05) is 38.6 Å². The van der Waals surface area contributed by atoms with E-state index in [-0.39, 0.29) is 24.2 Å². The lowest BCUT2D eigenvalue weighted by molar-refractivity contribution is -0.151. The van der Waals surface area contributed by atoms with E-state index in [4.69, 9.17) is 9.47 Å². The van der Waals surface area contributed by atoms with E-state index in [0.717, 1.165) is 11.1 Å². The van der Waals surface area contributed by atoms with Crippen molar-refractivity contribution in [2.75, 3.05) is 67.2 Å². The molecule has 0 aliphatic heterocycles. The van der Waals surface area contributed by atoms with Crippen LogP contribution in [-0.4, -0.2) is 93.9 Å². The van der Waals surface area contributed by atoms with E-state index in [9.17, 15) is 22.7 Å². The van der Waals surface area contributed by atoms with Gasteiger partial charge in [-0.25, -0.2) is 4.39 Å². The summed E-state index contributed by atoms with van der Waals surface area (Å²) in [5.74, 6) is -0.160. The Balaban J connectivity index is 1.96. The second kappa shape index (κ2) is 13.7. The van der Waals surface area contributed by atoms with Crippen molar-refractivity contribution in [2.24, 2.45) is 11.3 Å². The molecule has 0 radical (unpaired) electrons. The molecule has 0 amide bonds. The molecule has 2 atom stereocenters. The number of ether oxygens (including phenoxy) is 2. The Morgan fingerprint density at radius 1 is 1.08 bits per heavy atom. The predicted molar refractivity (Wildman–Crippen MR) is 138 cm³/mol. The normalized spacial score (nSPS) is 20.8. The number of alkyl halides is 3. The molecule has 0 spiro atoms. The molecular formula is C28H46F4N2O3. The Bertz CT molecular complexity index is 830. The van der Waals surface area contributed by atoms with E-state index in [1.165, 1.54) is 25.2 Å². The van der Waals surface area contributed by atoms with Crippen LogP contribution in [0.5, 0.6) is 0 Å². The monoisotopic (exact) mass is 534 g/mol. The largest absolute Gasteiger partial charge is 0.401 e. The Morgan fingerprint density at radius 3 is 2.30 bits per heavy atom. The van der Waals surface area contributed by atoms with Crippen molar-refractivity contribution in [3.8, 4) is 0 Å². The molecule has 0 fully saturated rings. The second-order valence-electron chi connectivity index (χ2n) is 11.6. The molecule has 0 bridgehead atoms. The van der Waals surface area contributed by atoms with Crippen LogP contribution in [0.4, 0.5) is 17.6 Å². The molecule has 2 rings (SSSR count). The van der Waals surface area contributed by atoms with Crippen LogP contribution in [0, 0.1) is 17.2 Å². The summed E-state index contributed by atoms with van der Waals surface area (Å²) in [5.41, 5.74) is 0.536. The van der Waals surface area contributed by atoms with E-state index >= 15 is 0 Å². The van der Waals surface area contributed by atoms with Crippen LogP contribution in [0.25, 0.3) is 0 Å². The lowest BCUT2D eigenvalue weighted by Gasteiger charge is -2.44. The first kappa shape index (κ1) is 32.0. The van der Waals surface area contributed by atoms with Crippen molar-refractivity contribution in [1.82, 2.24) is 9.80 Å². The topological polar surface area (TPSA) is 45.2 Å². The van der Waals surface area contributed by atoms with Crippen molar-refractivity contribution in [2.45, 2.75) is 64.1 Å². The number of fused-ring (bicyclic) bond motifs is 1. The van der Waals surface area contributed by atoms with Crippen LogP contribution >= 0.6 is 0 Å². The summed E-state index contributed by atoms with van der Waals surface area (Å²) in [7, 11) is 5.02. The third-order valence-corrected chi connectivity index (χ3v) is 7.45. The highest BCUT2D eigenvalue weighted by atomic mass is 19.4. The summed E-state index contributed by atoms with van der Waals surface area (Å²) in [6.07, 6.45) is -1.98. The van der Waals surface area contributed by atoms with Crippen LogP contribution in [0.2, 0.25) is 0 Å². The van der Waals surface area contributed by atoms with Crippen LogP contribution in [0.1, 0.15) is 57.1 Å². The molecule has 0 unspecified atom stereocenters. The zero-order valence-electron chi connectivity index (χ0n) is 23.3. The van der Waals surface area contributed by atoms with Gasteiger partial charge in [0.15, 0.2) is 0 Å². The molecule has 0 saturated heterocycles. The highest BCUT2D eigenvalue weighted by molar-refractivity contribution is 5.36. The van der Waals surface area contributed by atoms with Gasteiger partial charge in [-0.2, -0.15) is 13.2 Å². The van der Waals surface area contributed by atoms with Gasteiger partial charge in [-0.3, -0.25) is 4.90 Å². The summed E-state index contributed by atoms with van der Waals surface area (Å²) < 4.78 is 64.1.